The number of hydrogen-bond acceptors (Lipinski definition) is 2. The number of benzene rings is 1. The molecule has 0 amide bonds. The molecule has 1 aromatic rings. The standard InChI is InChI=1S/C17H28N4.HI/c1-3-21-11-8-15(9-12-21)7-10-19-17(18)20-16-6-4-5-14(2)13-16;/h4-6,13,15H,3,7-12H2,1-2H3,(H3,18,19,20);1H. The van der Waals surface area contributed by atoms with Crippen LogP contribution in [0.3, 0.4) is 0 Å². The summed E-state index contributed by atoms with van der Waals surface area (Å²) < 4.78 is 0. The number of aliphatic imine (C=N–C) groups is 1. The summed E-state index contributed by atoms with van der Waals surface area (Å²) in [6, 6.07) is 8.17. The molecule has 0 aromatic heterocycles. The zero-order chi connectivity index (χ0) is 15.1. The van der Waals surface area contributed by atoms with Gasteiger partial charge in [-0.3, -0.25) is 4.99 Å². The number of piperidine rings is 1. The first kappa shape index (κ1) is 19.2. The van der Waals surface area contributed by atoms with Crippen molar-refractivity contribution in [2.24, 2.45) is 16.6 Å². The number of aryl methyl sites for hydroxylation is 1. The second-order valence-corrected chi connectivity index (χ2v) is 5.93. The van der Waals surface area contributed by atoms with E-state index in [2.05, 4.69) is 41.2 Å². The highest BCUT2D eigenvalue weighted by atomic mass is 127. The van der Waals surface area contributed by atoms with E-state index in [1.165, 1.54) is 38.0 Å². The van der Waals surface area contributed by atoms with Gasteiger partial charge in [0.2, 0.25) is 0 Å². The summed E-state index contributed by atoms with van der Waals surface area (Å²) in [7, 11) is 0. The van der Waals surface area contributed by atoms with Crippen LogP contribution in [0.5, 0.6) is 0 Å². The molecule has 1 fully saturated rings. The second kappa shape index (κ2) is 10.0. The van der Waals surface area contributed by atoms with Gasteiger partial charge >= 0.3 is 0 Å². The third-order valence-electron chi connectivity index (χ3n) is 4.26. The Morgan fingerprint density at radius 3 is 2.73 bits per heavy atom. The van der Waals surface area contributed by atoms with Crippen molar-refractivity contribution >= 4 is 35.6 Å². The topological polar surface area (TPSA) is 53.6 Å². The van der Waals surface area contributed by atoms with Crippen molar-refractivity contribution in [3.63, 3.8) is 0 Å². The molecule has 0 radical (unpaired) electrons. The highest BCUT2D eigenvalue weighted by Crippen LogP contribution is 2.20. The van der Waals surface area contributed by atoms with Gasteiger partial charge in [-0.05, 0) is 69.4 Å². The average molecular weight is 416 g/mol. The SMILES string of the molecule is CCN1CCC(CCN=C(N)Nc2cccc(C)c2)CC1.I. The average Bonchev–Trinajstić information content (AvgIpc) is 2.48. The maximum Gasteiger partial charge on any atom is 0.193 e. The summed E-state index contributed by atoms with van der Waals surface area (Å²) in [6.07, 6.45) is 3.75. The van der Waals surface area contributed by atoms with Crippen molar-refractivity contribution in [1.29, 1.82) is 0 Å². The summed E-state index contributed by atoms with van der Waals surface area (Å²) in [4.78, 5) is 6.97. The molecule has 1 saturated heterocycles. The molecule has 0 atom stereocenters. The Morgan fingerprint density at radius 1 is 1.36 bits per heavy atom. The molecule has 0 bridgehead atoms. The van der Waals surface area contributed by atoms with Gasteiger partial charge in [0.15, 0.2) is 5.96 Å². The van der Waals surface area contributed by atoms with Gasteiger partial charge in [0, 0.05) is 12.2 Å². The van der Waals surface area contributed by atoms with Gasteiger partial charge < -0.3 is 16.0 Å². The van der Waals surface area contributed by atoms with Gasteiger partial charge in [-0.2, -0.15) is 0 Å². The van der Waals surface area contributed by atoms with Crippen LogP contribution in [0.1, 0.15) is 31.7 Å². The van der Waals surface area contributed by atoms with Crippen molar-refractivity contribution in [3.8, 4) is 0 Å². The van der Waals surface area contributed by atoms with Gasteiger partial charge in [-0.25, -0.2) is 0 Å². The smallest absolute Gasteiger partial charge is 0.193 e. The number of halogens is 1. The first-order chi connectivity index (χ1) is 10.2. The molecule has 4 nitrogen and oxygen atoms in total. The van der Waals surface area contributed by atoms with Gasteiger partial charge in [0.05, 0.1) is 0 Å². The molecular formula is C17H29IN4. The van der Waals surface area contributed by atoms with Crippen LogP contribution in [-0.2, 0) is 0 Å². The Labute approximate surface area is 151 Å². The van der Waals surface area contributed by atoms with E-state index in [9.17, 15) is 0 Å². The van der Waals surface area contributed by atoms with Crippen LogP contribution in [0.25, 0.3) is 0 Å². The second-order valence-electron chi connectivity index (χ2n) is 5.93. The Kier molecular flexibility index (Phi) is 8.78. The number of hydrogen-bond donors (Lipinski definition) is 2. The quantitative estimate of drug-likeness (QED) is 0.439. The normalized spacial score (nSPS) is 17.1. The summed E-state index contributed by atoms with van der Waals surface area (Å²) in [6.45, 7) is 8.78. The molecule has 1 heterocycles. The number of likely N-dealkylation sites (tertiary alicyclic amines) is 1. The molecule has 2 rings (SSSR count). The molecule has 0 spiro atoms. The fourth-order valence-electron chi connectivity index (χ4n) is 2.87. The molecular weight excluding hydrogens is 387 g/mol. The third kappa shape index (κ3) is 6.52. The van der Waals surface area contributed by atoms with Crippen molar-refractivity contribution in [2.45, 2.75) is 33.1 Å². The van der Waals surface area contributed by atoms with E-state index in [1.807, 2.05) is 12.1 Å². The Bertz CT molecular complexity index is 467. The van der Waals surface area contributed by atoms with Crippen LogP contribution >= 0.6 is 24.0 Å². The third-order valence-corrected chi connectivity index (χ3v) is 4.26. The van der Waals surface area contributed by atoms with E-state index in [-0.39, 0.29) is 24.0 Å². The molecule has 124 valence electrons. The summed E-state index contributed by atoms with van der Waals surface area (Å²) in [5.41, 5.74) is 8.17. The molecule has 1 aromatic carbocycles. The fraction of sp³-hybridized carbons (Fsp3) is 0.588. The van der Waals surface area contributed by atoms with E-state index in [4.69, 9.17) is 5.73 Å². The first-order valence-electron chi connectivity index (χ1n) is 8.03. The summed E-state index contributed by atoms with van der Waals surface area (Å²) in [5.74, 6) is 1.33. The first-order valence-corrected chi connectivity index (χ1v) is 8.03. The number of anilines is 1. The highest BCUT2D eigenvalue weighted by molar-refractivity contribution is 14.0. The van der Waals surface area contributed by atoms with E-state index in [0.717, 1.165) is 24.6 Å². The Morgan fingerprint density at radius 2 is 2.09 bits per heavy atom. The minimum atomic E-state index is 0. The minimum absolute atomic E-state index is 0. The summed E-state index contributed by atoms with van der Waals surface area (Å²) >= 11 is 0. The lowest BCUT2D eigenvalue weighted by Crippen LogP contribution is -2.33. The lowest BCUT2D eigenvalue weighted by molar-refractivity contribution is 0.188. The van der Waals surface area contributed by atoms with E-state index in [0.29, 0.717) is 5.96 Å². The van der Waals surface area contributed by atoms with E-state index < -0.39 is 0 Å². The van der Waals surface area contributed by atoms with Crippen molar-refractivity contribution in [2.75, 3.05) is 31.5 Å². The number of nitrogens with zero attached hydrogens (tertiary/aromatic N) is 2. The Balaban J connectivity index is 0.00000242. The van der Waals surface area contributed by atoms with E-state index >= 15 is 0 Å². The predicted molar refractivity (Wildman–Crippen MR) is 106 cm³/mol. The molecule has 22 heavy (non-hydrogen) atoms. The monoisotopic (exact) mass is 416 g/mol. The number of nitrogens with one attached hydrogen (secondary N) is 1. The molecule has 1 aliphatic rings. The number of nitrogens with two attached hydrogens (primary N) is 1. The maximum absolute atomic E-state index is 5.95. The molecule has 0 saturated carbocycles. The molecule has 0 aliphatic carbocycles. The maximum atomic E-state index is 5.95. The van der Waals surface area contributed by atoms with Crippen LogP contribution in [0.2, 0.25) is 0 Å². The number of rotatable bonds is 5. The van der Waals surface area contributed by atoms with Crippen molar-refractivity contribution in [1.82, 2.24) is 4.90 Å². The highest BCUT2D eigenvalue weighted by Gasteiger charge is 2.17. The molecule has 5 heteroatoms. The van der Waals surface area contributed by atoms with Crippen molar-refractivity contribution in [3.05, 3.63) is 29.8 Å². The predicted octanol–water partition coefficient (Wildman–Crippen LogP) is 3.46. The largest absolute Gasteiger partial charge is 0.370 e. The lowest BCUT2D eigenvalue weighted by atomic mass is 9.94. The summed E-state index contributed by atoms with van der Waals surface area (Å²) in [5, 5.41) is 3.16. The molecule has 0 unspecified atom stereocenters. The molecule has 1 aliphatic heterocycles. The van der Waals surface area contributed by atoms with Crippen LogP contribution in [0.4, 0.5) is 5.69 Å². The zero-order valence-electron chi connectivity index (χ0n) is 13.7. The van der Waals surface area contributed by atoms with Gasteiger partial charge in [-0.15, -0.1) is 24.0 Å². The van der Waals surface area contributed by atoms with Crippen LogP contribution < -0.4 is 11.1 Å². The molecule has 3 N–H and O–H groups in total. The zero-order valence-corrected chi connectivity index (χ0v) is 16.0. The van der Waals surface area contributed by atoms with Crippen LogP contribution in [0, 0.1) is 12.8 Å². The van der Waals surface area contributed by atoms with Crippen LogP contribution in [0.15, 0.2) is 29.3 Å². The van der Waals surface area contributed by atoms with E-state index in [1.54, 1.807) is 0 Å². The minimum Gasteiger partial charge on any atom is -0.370 e. The Hall–Kier alpha value is -0.820. The van der Waals surface area contributed by atoms with Gasteiger partial charge in [-0.1, -0.05) is 19.1 Å². The number of guanidine groups is 1. The van der Waals surface area contributed by atoms with Crippen molar-refractivity contribution < 1.29 is 0 Å². The van der Waals surface area contributed by atoms with Gasteiger partial charge in [0.25, 0.3) is 0 Å². The lowest BCUT2D eigenvalue weighted by Gasteiger charge is -2.30. The fourth-order valence-corrected chi connectivity index (χ4v) is 2.87. The van der Waals surface area contributed by atoms with Gasteiger partial charge in [0.1, 0.15) is 0 Å². The van der Waals surface area contributed by atoms with Crippen LogP contribution in [-0.4, -0.2) is 37.0 Å².